The molecule has 0 spiro atoms. The first-order valence-electron chi connectivity index (χ1n) is 8.61. The molecule has 0 aromatic rings. The lowest BCUT2D eigenvalue weighted by molar-refractivity contribution is 0.0910. The van der Waals surface area contributed by atoms with Crippen LogP contribution in [0.5, 0.6) is 0 Å². The lowest BCUT2D eigenvalue weighted by Crippen LogP contribution is -2.47. The number of nitrogens with one attached hydrogen (secondary N) is 1. The summed E-state index contributed by atoms with van der Waals surface area (Å²) in [6.45, 7) is 8.00. The number of piperidine rings is 2. The number of likely N-dealkylation sites (tertiary alicyclic amines) is 2. The van der Waals surface area contributed by atoms with Crippen LogP contribution in [0.2, 0.25) is 0 Å². The Morgan fingerprint density at radius 1 is 0.842 bits per heavy atom. The third kappa shape index (κ3) is 3.93. The van der Waals surface area contributed by atoms with Crippen molar-refractivity contribution in [1.29, 1.82) is 0 Å². The van der Waals surface area contributed by atoms with E-state index in [4.69, 9.17) is 0 Å². The van der Waals surface area contributed by atoms with Gasteiger partial charge in [0.25, 0.3) is 0 Å². The molecule has 0 aromatic carbocycles. The van der Waals surface area contributed by atoms with Crippen molar-refractivity contribution in [2.24, 2.45) is 0 Å². The lowest BCUT2D eigenvalue weighted by Gasteiger charge is -2.40. The van der Waals surface area contributed by atoms with Crippen LogP contribution in [0.1, 0.15) is 51.4 Å². The van der Waals surface area contributed by atoms with Crippen molar-refractivity contribution in [2.75, 3.05) is 39.3 Å². The van der Waals surface area contributed by atoms with Gasteiger partial charge in [-0.1, -0.05) is 6.42 Å². The normalized spacial score (nSPS) is 31.9. The fraction of sp³-hybridized carbons (Fsp3) is 1.00. The molecule has 1 N–H and O–H groups in total. The average Bonchev–Trinajstić information content (AvgIpc) is 3.00. The van der Waals surface area contributed by atoms with Gasteiger partial charge in [0.05, 0.1) is 0 Å². The van der Waals surface area contributed by atoms with Crippen LogP contribution in [0.4, 0.5) is 0 Å². The quantitative estimate of drug-likeness (QED) is 0.839. The Hall–Kier alpha value is -0.120. The second kappa shape index (κ2) is 7.05. The fourth-order valence-corrected chi connectivity index (χ4v) is 4.13. The highest BCUT2D eigenvalue weighted by Crippen LogP contribution is 2.21. The van der Waals surface area contributed by atoms with Crippen LogP contribution < -0.4 is 5.32 Å². The van der Waals surface area contributed by atoms with E-state index in [9.17, 15) is 0 Å². The summed E-state index contributed by atoms with van der Waals surface area (Å²) in [4.78, 5) is 5.49. The van der Waals surface area contributed by atoms with Gasteiger partial charge in [-0.15, -0.1) is 0 Å². The first kappa shape index (κ1) is 13.8. The van der Waals surface area contributed by atoms with Gasteiger partial charge < -0.3 is 15.1 Å². The molecule has 19 heavy (non-hydrogen) atoms. The predicted octanol–water partition coefficient (Wildman–Crippen LogP) is 2.08. The molecule has 3 aliphatic rings. The van der Waals surface area contributed by atoms with Crippen LogP contribution in [-0.2, 0) is 0 Å². The minimum absolute atomic E-state index is 0.819. The summed E-state index contributed by atoms with van der Waals surface area (Å²) in [5.41, 5.74) is 0. The predicted molar refractivity (Wildman–Crippen MR) is 80.5 cm³/mol. The molecule has 0 aromatic heterocycles. The number of rotatable bonds is 4. The number of nitrogens with zero attached hydrogens (tertiary/aromatic N) is 2. The number of hydrogen-bond acceptors (Lipinski definition) is 3. The minimum Gasteiger partial charge on any atom is -0.314 e. The van der Waals surface area contributed by atoms with Gasteiger partial charge in [-0.3, -0.25) is 0 Å². The van der Waals surface area contributed by atoms with Crippen molar-refractivity contribution in [2.45, 2.75) is 63.5 Å². The van der Waals surface area contributed by atoms with Crippen molar-refractivity contribution in [3.8, 4) is 0 Å². The van der Waals surface area contributed by atoms with E-state index in [2.05, 4.69) is 15.1 Å². The SMILES string of the molecule is C1CCN(C2CCN(CCC3CCCN3)CC2)CC1. The smallest absolute Gasteiger partial charge is 0.0120 e. The molecule has 0 radical (unpaired) electrons. The molecule has 1 atom stereocenters. The molecule has 0 bridgehead atoms. The molecule has 110 valence electrons. The van der Waals surface area contributed by atoms with Gasteiger partial charge >= 0.3 is 0 Å². The summed E-state index contributed by atoms with van der Waals surface area (Å²) in [6, 6.07) is 1.72. The van der Waals surface area contributed by atoms with Crippen molar-refractivity contribution in [3.05, 3.63) is 0 Å². The Morgan fingerprint density at radius 3 is 2.32 bits per heavy atom. The van der Waals surface area contributed by atoms with Crippen LogP contribution in [-0.4, -0.2) is 61.2 Å². The Kier molecular flexibility index (Phi) is 5.14. The van der Waals surface area contributed by atoms with Crippen LogP contribution >= 0.6 is 0 Å². The summed E-state index contributed by atoms with van der Waals surface area (Å²) < 4.78 is 0. The highest BCUT2D eigenvalue weighted by atomic mass is 15.2. The first-order valence-corrected chi connectivity index (χ1v) is 8.61. The van der Waals surface area contributed by atoms with Gasteiger partial charge in [0, 0.05) is 12.1 Å². The van der Waals surface area contributed by atoms with Crippen molar-refractivity contribution in [1.82, 2.24) is 15.1 Å². The zero-order valence-corrected chi connectivity index (χ0v) is 12.4. The van der Waals surface area contributed by atoms with E-state index in [1.807, 2.05) is 0 Å². The average molecular weight is 265 g/mol. The van der Waals surface area contributed by atoms with Crippen molar-refractivity contribution >= 4 is 0 Å². The molecular formula is C16H31N3. The molecule has 3 heterocycles. The molecule has 3 aliphatic heterocycles. The Morgan fingerprint density at radius 2 is 1.63 bits per heavy atom. The van der Waals surface area contributed by atoms with Gasteiger partial charge in [0.2, 0.25) is 0 Å². The molecule has 3 heteroatoms. The maximum Gasteiger partial charge on any atom is 0.0120 e. The van der Waals surface area contributed by atoms with Crippen molar-refractivity contribution in [3.63, 3.8) is 0 Å². The summed E-state index contributed by atoms with van der Waals surface area (Å²) in [7, 11) is 0. The summed E-state index contributed by atoms with van der Waals surface area (Å²) in [5.74, 6) is 0. The van der Waals surface area contributed by atoms with E-state index in [1.165, 1.54) is 90.6 Å². The maximum absolute atomic E-state index is 3.62. The monoisotopic (exact) mass is 265 g/mol. The molecule has 0 amide bonds. The molecule has 0 saturated carbocycles. The van der Waals surface area contributed by atoms with Crippen LogP contribution in [0.25, 0.3) is 0 Å². The topological polar surface area (TPSA) is 18.5 Å². The van der Waals surface area contributed by atoms with E-state index in [0.29, 0.717) is 0 Å². The standard InChI is InChI=1S/C16H31N3/c1-2-10-19(11-3-1)16-7-13-18(14-8-16)12-6-15-5-4-9-17-15/h15-17H,1-14H2. The lowest BCUT2D eigenvalue weighted by atomic mass is 9.99. The molecule has 0 aliphatic carbocycles. The van der Waals surface area contributed by atoms with Crippen LogP contribution in [0.3, 0.4) is 0 Å². The Labute approximate surface area is 118 Å². The number of hydrogen-bond donors (Lipinski definition) is 1. The van der Waals surface area contributed by atoms with Crippen LogP contribution in [0, 0.1) is 0 Å². The highest BCUT2D eigenvalue weighted by Gasteiger charge is 2.25. The third-order valence-corrected chi connectivity index (χ3v) is 5.42. The second-order valence-corrected chi connectivity index (χ2v) is 6.75. The van der Waals surface area contributed by atoms with Gasteiger partial charge in [-0.2, -0.15) is 0 Å². The maximum atomic E-state index is 3.62. The summed E-state index contributed by atoms with van der Waals surface area (Å²) >= 11 is 0. The van der Waals surface area contributed by atoms with Gasteiger partial charge in [-0.05, 0) is 84.2 Å². The molecule has 1 unspecified atom stereocenters. The van der Waals surface area contributed by atoms with E-state index >= 15 is 0 Å². The zero-order chi connectivity index (χ0) is 12.9. The summed E-state index contributed by atoms with van der Waals surface area (Å²) in [5, 5.41) is 3.62. The molecule has 3 fully saturated rings. The van der Waals surface area contributed by atoms with Gasteiger partial charge in [0.1, 0.15) is 0 Å². The Balaban J connectivity index is 1.34. The molecular weight excluding hydrogens is 234 g/mol. The van der Waals surface area contributed by atoms with E-state index in [0.717, 1.165) is 12.1 Å². The van der Waals surface area contributed by atoms with E-state index in [1.54, 1.807) is 0 Å². The van der Waals surface area contributed by atoms with Gasteiger partial charge in [-0.25, -0.2) is 0 Å². The largest absolute Gasteiger partial charge is 0.314 e. The van der Waals surface area contributed by atoms with Crippen molar-refractivity contribution < 1.29 is 0 Å². The van der Waals surface area contributed by atoms with Gasteiger partial charge in [0.15, 0.2) is 0 Å². The molecule has 3 nitrogen and oxygen atoms in total. The Bertz CT molecular complexity index is 249. The van der Waals surface area contributed by atoms with Crippen LogP contribution in [0.15, 0.2) is 0 Å². The molecule has 3 saturated heterocycles. The van der Waals surface area contributed by atoms with E-state index in [-0.39, 0.29) is 0 Å². The van der Waals surface area contributed by atoms with E-state index < -0.39 is 0 Å². The fourth-order valence-electron chi connectivity index (χ4n) is 4.13. The summed E-state index contributed by atoms with van der Waals surface area (Å²) in [6.07, 6.45) is 11.3. The zero-order valence-electron chi connectivity index (χ0n) is 12.4. The third-order valence-electron chi connectivity index (χ3n) is 5.42. The highest BCUT2D eigenvalue weighted by molar-refractivity contribution is 4.83. The minimum atomic E-state index is 0.819. The second-order valence-electron chi connectivity index (χ2n) is 6.75. The first-order chi connectivity index (χ1) is 9.42. The molecule has 3 rings (SSSR count).